The summed E-state index contributed by atoms with van der Waals surface area (Å²) in [5.41, 5.74) is 5.35. The Labute approximate surface area is 164 Å². The van der Waals surface area contributed by atoms with Crippen molar-refractivity contribution in [2.24, 2.45) is 0 Å². The maximum absolute atomic E-state index is 11.2. The lowest BCUT2D eigenvalue weighted by molar-refractivity contribution is -0.136. The van der Waals surface area contributed by atoms with Crippen LogP contribution in [0.15, 0.2) is 85.1 Å². The number of benzene rings is 3. The average molecular weight is 370 g/mol. The number of carboxylic acid groups (broad SMARTS) is 1. The number of fused-ring (bicyclic) bond motifs is 1. The van der Waals surface area contributed by atoms with Gasteiger partial charge in [-0.15, -0.1) is 0 Å². The summed E-state index contributed by atoms with van der Waals surface area (Å²) in [6.45, 7) is 0.704. The van der Waals surface area contributed by atoms with Crippen molar-refractivity contribution in [2.45, 2.75) is 13.0 Å². The molecule has 1 heterocycles. The van der Waals surface area contributed by atoms with Crippen LogP contribution in [0, 0.1) is 0 Å². The number of carbonyl (C=O) groups is 1. The molecule has 0 aliphatic rings. The predicted octanol–water partition coefficient (Wildman–Crippen LogP) is 5.08. The van der Waals surface area contributed by atoms with Crippen LogP contribution in [-0.4, -0.2) is 22.7 Å². The molecule has 4 aromatic rings. The van der Waals surface area contributed by atoms with Crippen LogP contribution in [0.2, 0.25) is 0 Å². The molecule has 4 nitrogen and oxygen atoms in total. The van der Waals surface area contributed by atoms with Crippen molar-refractivity contribution in [3.05, 3.63) is 96.2 Å². The highest BCUT2D eigenvalue weighted by Crippen LogP contribution is 2.25. The Kier molecular flexibility index (Phi) is 4.85. The molecule has 0 atom stereocenters. The number of anilines is 2. The third kappa shape index (κ3) is 3.62. The SMILES string of the molecule is CN(c1ccccc1)c1ccc(Cn2cc(CC(=O)O)c3ccccc32)cc1. The average Bonchev–Trinajstić information content (AvgIpc) is 3.05. The van der Waals surface area contributed by atoms with Gasteiger partial charge in [0, 0.05) is 42.1 Å². The molecule has 28 heavy (non-hydrogen) atoms. The number of rotatable bonds is 6. The van der Waals surface area contributed by atoms with Gasteiger partial charge in [-0.1, -0.05) is 48.5 Å². The van der Waals surface area contributed by atoms with E-state index in [1.165, 1.54) is 5.56 Å². The Bertz CT molecular complexity index is 1100. The number of carboxylic acids is 1. The summed E-state index contributed by atoms with van der Waals surface area (Å²) in [4.78, 5) is 13.3. The Balaban J connectivity index is 1.59. The number of hydrogen-bond acceptors (Lipinski definition) is 2. The van der Waals surface area contributed by atoms with Gasteiger partial charge in [-0.05, 0) is 41.5 Å². The summed E-state index contributed by atoms with van der Waals surface area (Å²) in [5, 5.41) is 10.2. The minimum atomic E-state index is -0.809. The maximum Gasteiger partial charge on any atom is 0.307 e. The van der Waals surface area contributed by atoms with Crippen LogP contribution in [0.4, 0.5) is 11.4 Å². The Morgan fingerprint density at radius 3 is 2.25 bits per heavy atom. The number of nitrogens with zero attached hydrogens (tertiary/aromatic N) is 2. The number of hydrogen-bond donors (Lipinski definition) is 1. The van der Waals surface area contributed by atoms with Crippen molar-refractivity contribution < 1.29 is 9.90 Å². The molecule has 0 bridgehead atoms. The molecule has 3 aromatic carbocycles. The quantitative estimate of drug-likeness (QED) is 0.514. The van der Waals surface area contributed by atoms with E-state index in [-0.39, 0.29) is 6.42 Å². The zero-order valence-electron chi connectivity index (χ0n) is 15.7. The van der Waals surface area contributed by atoms with Gasteiger partial charge < -0.3 is 14.6 Å². The largest absolute Gasteiger partial charge is 0.481 e. The molecule has 1 N–H and O–H groups in total. The molecular formula is C24H22N2O2. The summed E-state index contributed by atoms with van der Waals surface area (Å²) in [6, 6.07) is 26.7. The summed E-state index contributed by atoms with van der Waals surface area (Å²) in [7, 11) is 2.06. The molecule has 0 aliphatic carbocycles. The number of aliphatic carboxylic acids is 1. The van der Waals surface area contributed by atoms with Gasteiger partial charge in [0.15, 0.2) is 0 Å². The summed E-state index contributed by atoms with van der Waals surface area (Å²) >= 11 is 0. The second kappa shape index (κ2) is 7.61. The highest BCUT2D eigenvalue weighted by Gasteiger charge is 2.11. The minimum absolute atomic E-state index is 0.0360. The van der Waals surface area contributed by atoms with Gasteiger partial charge >= 0.3 is 5.97 Å². The fourth-order valence-electron chi connectivity index (χ4n) is 3.58. The first kappa shape index (κ1) is 17.9. The Morgan fingerprint density at radius 1 is 0.893 bits per heavy atom. The molecule has 0 fully saturated rings. The molecule has 4 rings (SSSR count). The zero-order valence-corrected chi connectivity index (χ0v) is 15.7. The van der Waals surface area contributed by atoms with Crippen LogP contribution >= 0.6 is 0 Å². The normalized spacial score (nSPS) is 10.9. The van der Waals surface area contributed by atoms with Gasteiger partial charge in [0.1, 0.15) is 0 Å². The topological polar surface area (TPSA) is 45.5 Å². The highest BCUT2D eigenvalue weighted by atomic mass is 16.4. The number of aromatic nitrogens is 1. The zero-order chi connectivity index (χ0) is 19.5. The third-order valence-electron chi connectivity index (χ3n) is 5.03. The molecule has 0 unspecified atom stereocenters. The molecule has 0 spiro atoms. The summed E-state index contributed by atoms with van der Waals surface area (Å²) < 4.78 is 2.13. The molecule has 0 aliphatic heterocycles. The van der Waals surface area contributed by atoms with Crippen LogP contribution in [0.5, 0.6) is 0 Å². The molecule has 1 aromatic heterocycles. The lowest BCUT2D eigenvalue weighted by Gasteiger charge is -2.19. The van der Waals surface area contributed by atoms with Gasteiger partial charge in [0.05, 0.1) is 6.42 Å². The van der Waals surface area contributed by atoms with Crippen LogP contribution in [0.1, 0.15) is 11.1 Å². The number of para-hydroxylation sites is 2. The first-order valence-electron chi connectivity index (χ1n) is 9.28. The van der Waals surface area contributed by atoms with E-state index in [0.717, 1.165) is 27.8 Å². The van der Waals surface area contributed by atoms with Crippen molar-refractivity contribution >= 4 is 28.2 Å². The first-order chi connectivity index (χ1) is 13.6. The molecule has 0 amide bonds. The second-order valence-corrected chi connectivity index (χ2v) is 6.93. The van der Waals surface area contributed by atoms with E-state index in [2.05, 4.69) is 52.9 Å². The third-order valence-corrected chi connectivity index (χ3v) is 5.03. The van der Waals surface area contributed by atoms with Crippen molar-refractivity contribution in [1.29, 1.82) is 0 Å². The Hall–Kier alpha value is -3.53. The van der Waals surface area contributed by atoms with Crippen molar-refractivity contribution in [2.75, 3.05) is 11.9 Å². The summed E-state index contributed by atoms with van der Waals surface area (Å²) in [5.74, 6) is -0.809. The van der Waals surface area contributed by atoms with Crippen LogP contribution in [-0.2, 0) is 17.8 Å². The van der Waals surface area contributed by atoms with E-state index in [1.54, 1.807) is 0 Å². The fourth-order valence-corrected chi connectivity index (χ4v) is 3.58. The van der Waals surface area contributed by atoms with Gasteiger partial charge in [0.2, 0.25) is 0 Å². The van der Waals surface area contributed by atoms with E-state index in [0.29, 0.717) is 6.54 Å². The minimum Gasteiger partial charge on any atom is -0.481 e. The van der Waals surface area contributed by atoms with Gasteiger partial charge in [-0.25, -0.2) is 0 Å². The molecule has 0 saturated carbocycles. The van der Waals surface area contributed by atoms with E-state index in [4.69, 9.17) is 0 Å². The lowest BCUT2D eigenvalue weighted by atomic mass is 10.1. The van der Waals surface area contributed by atoms with Gasteiger partial charge in [-0.3, -0.25) is 4.79 Å². The molecule has 4 heteroatoms. The van der Waals surface area contributed by atoms with Crippen molar-refractivity contribution in [3.63, 3.8) is 0 Å². The van der Waals surface area contributed by atoms with Gasteiger partial charge in [-0.2, -0.15) is 0 Å². The van der Waals surface area contributed by atoms with Crippen molar-refractivity contribution in [3.8, 4) is 0 Å². The van der Waals surface area contributed by atoms with Crippen LogP contribution in [0.3, 0.4) is 0 Å². The predicted molar refractivity (Wildman–Crippen MR) is 113 cm³/mol. The lowest BCUT2D eigenvalue weighted by Crippen LogP contribution is -2.09. The van der Waals surface area contributed by atoms with Crippen LogP contribution < -0.4 is 4.90 Å². The van der Waals surface area contributed by atoms with Crippen molar-refractivity contribution in [1.82, 2.24) is 4.57 Å². The van der Waals surface area contributed by atoms with Crippen LogP contribution in [0.25, 0.3) is 10.9 Å². The smallest absolute Gasteiger partial charge is 0.307 e. The van der Waals surface area contributed by atoms with Gasteiger partial charge in [0.25, 0.3) is 0 Å². The summed E-state index contributed by atoms with van der Waals surface area (Å²) in [6.07, 6.45) is 2.00. The standard InChI is InChI=1S/C24H22N2O2/c1-25(20-7-3-2-4-8-20)21-13-11-18(12-14-21)16-26-17-19(15-24(27)28)22-9-5-6-10-23(22)26/h2-14,17H,15-16H2,1H3,(H,27,28). The first-order valence-corrected chi connectivity index (χ1v) is 9.28. The van der Waals surface area contributed by atoms with E-state index >= 15 is 0 Å². The second-order valence-electron chi connectivity index (χ2n) is 6.93. The molecular weight excluding hydrogens is 348 g/mol. The highest BCUT2D eigenvalue weighted by molar-refractivity contribution is 5.87. The monoisotopic (exact) mass is 370 g/mol. The molecule has 0 saturated heterocycles. The van der Waals surface area contributed by atoms with E-state index in [9.17, 15) is 9.90 Å². The molecule has 0 radical (unpaired) electrons. The Morgan fingerprint density at radius 2 is 1.54 bits per heavy atom. The maximum atomic E-state index is 11.2. The van der Waals surface area contributed by atoms with E-state index < -0.39 is 5.97 Å². The fraction of sp³-hybridized carbons (Fsp3) is 0.125. The van der Waals surface area contributed by atoms with E-state index in [1.807, 2.05) is 48.7 Å². The molecule has 140 valence electrons.